The van der Waals surface area contributed by atoms with Crippen molar-refractivity contribution in [1.82, 2.24) is 0 Å². The molecule has 0 aliphatic heterocycles. The molecule has 0 bridgehead atoms. The van der Waals surface area contributed by atoms with Gasteiger partial charge in [0.15, 0.2) is 0 Å². The number of hydrogen-bond acceptors (Lipinski definition) is 5. The zero-order chi connectivity index (χ0) is 28.4. The maximum absolute atomic E-state index is 14.3. The topological polar surface area (TPSA) is 92.7 Å². The second-order valence-electron chi connectivity index (χ2n) is 10.8. The highest BCUT2D eigenvalue weighted by atomic mass is 32.3. The number of carboxylic acid groups (broad SMARTS) is 1. The third-order valence-corrected chi connectivity index (χ3v) is 11.6. The van der Waals surface area contributed by atoms with Crippen LogP contribution in [0.2, 0.25) is 0 Å². The molecule has 3 rings (SSSR count). The van der Waals surface area contributed by atoms with Crippen molar-refractivity contribution in [2.24, 2.45) is 17.8 Å². The Bertz CT molecular complexity index is 1130. The van der Waals surface area contributed by atoms with E-state index < -0.39 is 27.4 Å². The van der Waals surface area contributed by atoms with Gasteiger partial charge in [-0.1, -0.05) is 94.5 Å². The Balaban J connectivity index is 1.67. The largest absolute Gasteiger partial charge is 0.495 e. The molecule has 0 aromatic heterocycles. The Kier molecular flexibility index (Phi) is 12.2. The van der Waals surface area contributed by atoms with Gasteiger partial charge in [0.2, 0.25) is 0 Å². The van der Waals surface area contributed by atoms with Crippen LogP contribution >= 0.6 is 11.8 Å². The normalized spacial score (nSPS) is 22.8. The summed E-state index contributed by atoms with van der Waals surface area (Å²) in [5, 5.41) is 9.17. The zero-order valence-corrected chi connectivity index (χ0v) is 25.1. The second kappa shape index (κ2) is 15.1. The van der Waals surface area contributed by atoms with Gasteiger partial charge in [-0.25, -0.2) is 17.6 Å². The van der Waals surface area contributed by atoms with Gasteiger partial charge in [0, 0.05) is 6.07 Å². The highest BCUT2D eigenvalue weighted by Crippen LogP contribution is 2.43. The number of rotatable bonds is 9. The van der Waals surface area contributed by atoms with Crippen LogP contribution in [-0.4, -0.2) is 26.6 Å². The minimum Gasteiger partial charge on any atom is -0.495 e. The van der Waals surface area contributed by atoms with E-state index in [9.17, 15) is 22.7 Å². The van der Waals surface area contributed by atoms with E-state index in [1.54, 1.807) is 13.0 Å². The van der Waals surface area contributed by atoms with Gasteiger partial charge in [-0.05, 0) is 55.4 Å². The summed E-state index contributed by atoms with van der Waals surface area (Å²) in [5.74, 6) is -0.568. The Morgan fingerprint density at radius 3 is 2.03 bits per heavy atom. The minimum absolute atomic E-state index is 0.0667. The van der Waals surface area contributed by atoms with E-state index in [2.05, 4.69) is 4.72 Å². The smallest absolute Gasteiger partial charge is 0.338 e. The maximum Gasteiger partial charge on any atom is 0.338 e. The summed E-state index contributed by atoms with van der Waals surface area (Å²) in [7, 11) is -2.78. The zero-order valence-electron chi connectivity index (χ0n) is 23.5. The van der Waals surface area contributed by atoms with Crippen LogP contribution in [0.5, 0.6) is 5.75 Å². The number of nitrogens with one attached hydrogen (secondary N) is 1. The van der Waals surface area contributed by atoms with E-state index in [1.165, 1.54) is 76.7 Å². The standard InChI is InChI=1S/C30H44FNO5S2/c1-4-28(23-17-11-15-22(16-12-18-23)21-13-9-7-6-8-10-14-21)38-29(5-2)39(35,36)32-26-20-25(31)24(30(33)34)19-27(26)37-3/h4-5,19-23,32H,6-18H2,1-3H3,(H,33,34)/b28-4-,29-5+. The van der Waals surface area contributed by atoms with Gasteiger partial charge in [-0.3, -0.25) is 4.72 Å². The molecule has 0 heterocycles. The van der Waals surface area contributed by atoms with E-state index in [-0.39, 0.29) is 15.7 Å². The summed E-state index contributed by atoms with van der Waals surface area (Å²) >= 11 is 1.24. The first kappa shape index (κ1) is 31.5. The van der Waals surface area contributed by atoms with Gasteiger partial charge in [0.05, 0.1) is 18.4 Å². The van der Waals surface area contributed by atoms with Crippen LogP contribution in [0.3, 0.4) is 0 Å². The van der Waals surface area contributed by atoms with Gasteiger partial charge < -0.3 is 9.84 Å². The number of benzene rings is 1. The molecule has 2 aliphatic carbocycles. The third-order valence-electron chi connectivity index (χ3n) is 8.24. The van der Waals surface area contributed by atoms with Crippen molar-refractivity contribution in [2.45, 2.75) is 97.3 Å². The number of methoxy groups -OCH3 is 1. The van der Waals surface area contributed by atoms with E-state index >= 15 is 0 Å². The van der Waals surface area contributed by atoms with Crippen LogP contribution in [0.1, 0.15) is 108 Å². The van der Waals surface area contributed by atoms with E-state index in [4.69, 9.17) is 4.74 Å². The summed E-state index contributed by atoms with van der Waals surface area (Å²) < 4.78 is 48.7. The van der Waals surface area contributed by atoms with Crippen LogP contribution in [0.4, 0.5) is 10.1 Å². The fraction of sp³-hybridized carbons (Fsp3) is 0.633. The molecular weight excluding hydrogens is 537 g/mol. The van der Waals surface area contributed by atoms with Gasteiger partial charge >= 0.3 is 5.97 Å². The Morgan fingerprint density at radius 2 is 1.51 bits per heavy atom. The van der Waals surface area contributed by atoms with Crippen molar-refractivity contribution in [2.75, 3.05) is 11.8 Å². The van der Waals surface area contributed by atoms with E-state index in [0.29, 0.717) is 5.92 Å². The molecule has 0 radical (unpaired) electrons. The molecule has 218 valence electrons. The Hall–Kier alpha value is -2.00. The molecule has 9 heteroatoms. The first-order valence-corrected chi connectivity index (χ1v) is 16.6. The van der Waals surface area contributed by atoms with Crippen molar-refractivity contribution in [1.29, 1.82) is 0 Å². The van der Waals surface area contributed by atoms with Crippen molar-refractivity contribution >= 4 is 33.4 Å². The number of sulfonamides is 1. The molecule has 2 saturated carbocycles. The molecule has 0 atom stereocenters. The van der Waals surface area contributed by atoms with E-state index in [1.807, 2.05) is 13.0 Å². The van der Waals surface area contributed by atoms with Gasteiger partial charge in [-0.2, -0.15) is 0 Å². The molecule has 1 aromatic carbocycles. The molecule has 0 amide bonds. The van der Waals surface area contributed by atoms with Crippen molar-refractivity contribution in [3.05, 3.63) is 44.8 Å². The lowest BCUT2D eigenvalue weighted by atomic mass is 9.75. The van der Waals surface area contributed by atoms with Crippen LogP contribution < -0.4 is 9.46 Å². The summed E-state index contributed by atoms with van der Waals surface area (Å²) in [4.78, 5) is 12.3. The Labute approximate surface area is 237 Å². The average molecular weight is 582 g/mol. The first-order valence-electron chi connectivity index (χ1n) is 14.3. The van der Waals surface area contributed by atoms with Crippen LogP contribution in [0.15, 0.2) is 33.4 Å². The summed E-state index contributed by atoms with van der Waals surface area (Å²) in [6, 6.07) is 1.82. The van der Waals surface area contributed by atoms with Crippen molar-refractivity contribution < 1.29 is 27.4 Å². The number of anilines is 1. The number of carboxylic acids is 1. The summed E-state index contributed by atoms with van der Waals surface area (Å²) in [6.45, 7) is 3.62. The molecule has 39 heavy (non-hydrogen) atoms. The van der Waals surface area contributed by atoms with Gasteiger partial charge in [0.25, 0.3) is 10.0 Å². The van der Waals surface area contributed by atoms with Crippen LogP contribution in [-0.2, 0) is 10.0 Å². The molecule has 0 unspecified atom stereocenters. The SMILES string of the molecule is C/C=C(\S/C(=C\C)S(=O)(=O)Nc1cc(F)c(C(=O)O)cc1OC)C1CCCC(C2CCCCCCC2)CCC1. The number of halogens is 1. The second-order valence-corrected chi connectivity index (χ2v) is 13.8. The molecule has 2 aliphatic rings. The predicted molar refractivity (Wildman–Crippen MR) is 158 cm³/mol. The molecule has 2 N–H and O–H groups in total. The lowest BCUT2D eigenvalue weighted by Gasteiger charge is -2.32. The lowest BCUT2D eigenvalue weighted by molar-refractivity contribution is 0.0691. The van der Waals surface area contributed by atoms with Gasteiger partial charge in [-0.15, -0.1) is 0 Å². The molecule has 1 aromatic rings. The minimum atomic E-state index is -4.06. The Morgan fingerprint density at radius 1 is 0.949 bits per heavy atom. The van der Waals surface area contributed by atoms with E-state index in [0.717, 1.165) is 54.6 Å². The fourth-order valence-electron chi connectivity index (χ4n) is 6.18. The monoisotopic (exact) mass is 581 g/mol. The van der Waals surface area contributed by atoms with Crippen LogP contribution in [0.25, 0.3) is 0 Å². The number of hydrogen-bond donors (Lipinski definition) is 2. The quantitative estimate of drug-likeness (QED) is 0.303. The number of allylic oxidation sites excluding steroid dienone is 3. The highest BCUT2D eigenvalue weighted by Gasteiger charge is 2.28. The van der Waals surface area contributed by atoms with Crippen molar-refractivity contribution in [3.63, 3.8) is 0 Å². The summed E-state index contributed by atoms with van der Waals surface area (Å²) in [6.07, 6.45) is 20.2. The molecule has 6 nitrogen and oxygen atoms in total. The molecule has 2 fully saturated rings. The fourth-order valence-corrected chi connectivity index (χ4v) is 8.76. The number of aromatic carboxylic acids is 1. The van der Waals surface area contributed by atoms with Crippen molar-refractivity contribution in [3.8, 4) is 5.75 Å². The number of carbonyl (C=O) groups is 1. The first-order chi connectivity index (χ1) is 18.7. The molecule has 0 saturated heterocycles. The summed E-state index contributed by atoms with van der Waals surface area (Å²) in [5.41, 5.74) is -0.735. The maximum atomic E-state index is 14.3. The third kappa shape index (κ3) is 8.74. The average Bonchev–Trinajstić information content (AvgIpc) is 2.85. The van der Waals surface area contributed by atoms with Crippen LogP contribution in [0, 0.1) is 23.6 Å². The number of ether oxygens (including phenoxy) is 1. The van der Waals surface area contributed by atoms with Gasteiger partial charge in [0.1, 0.15) is 15.8 Å². The number of thioether (sulfide) groups is 1. The highest BCUT2D eigenvalue weighted by molar-refractivity contribution is 8.21. The predicted octanol–water partition coefficient (Wildman–Crippen LogP) is 8.72. The lowest BCUT2D eigenvalue weighted by Crippen LogP contribution is -2.20. The molecular formula is C30H44FNO5S2. The molecule has 0 spiro atoms.